The van der Waals surface area contributed by atoms with E-state index in [4.69, 9.17) is 9.47 Å². The first-order valence-electron chi connectivity index (χ1n) is 7.54. The second-order valence-corrected chi connectivity index (χ2v) is 5.29. The lowest BCUT2D eigenvalue weighted by Crippen LogP contribution is -2.35. The molecule has 1 N–H and O–H groups in total. The Kier molecular flexibility index (Phi) is 6.05. The summed E-state index contributed by atoms with van der Waals surface area (Å²) in [5.41, 5.74) is 0.253. The van der Waals surface area contributed by atoms with Gasteiger partial charge in [0.15, 0.2) is 12.2 Å². The Balaban J connectivity index is 1.87. The average molecular weight is 349 g/mol. The summed E-state index contributed by atoms with van der Waals surface area (Å²) in [4.78, 5) is 24.0. The van der Waals surface area contributed by atoms with Crippen LogP contribution in [-0.4, -0.2) is 24.1 Å². The summed E-state index contributed by atoms with van der Waals surface area (Å²) in [6.07, 6.45) is -2.09. The molecule has 0 unspecified atom stereocenters. The van der Waals surface area contributed by atoms with E-state index in [2.05, 4.69) is 5.32 Å². The lowest BCUT2D eigenvalue weighted by atomic mass is 10.3. The Bertz CT molecular complexity index is 749. The summed E-state index contributed by atoms with van der Waals surface area (Å²) < 4.78 is 36.3. The van der Waals surface area contributed by atoms with Gasteiger partial charge >= 0.3 is 5.97 Å². The minimum Gasteiger partial charge on any atom is -0.479 e. The van der Waals surface area contributed by atoms with Crippen LogP contribution in [0, 0.1) is 11.6 Å². The summed E-state index contributed by atoms with van der Waals surface area (Å²) in [7, 11) is 0. The van der Waals surface area contributed by atoms with Crippen LogP contribution in [0.4, 0.5) is 14.5 Å². The Morgan fingerprint density at radius 3 is 2.28 bits per heavy atom. The van der Waals surface area contributed by atoms with E-state index >= 15 is 0 Å². The van der Waals surface area contributed by atoms with Gasteiger partial charge in [0.25, 0.3) is 5.91 Å². The molecule has 0 bridgehead atoms. The van der Waals surface area contributed by atoms with Gasteiger partial charge in [0.1, 0.15) is 17.4 Å². The molecule has 7 heteroatoms. The topological polar surface area (TPSA) is 64.6 Å². The van der Waals surface area contributed by atoms with Gasteiger partial charge in [-0.15, -0.1) is 0 Å². The molecule has 1 amide bonds. The number of halogens is 2. The minimum atomic E-state index is -1.10. The van der Waals surface area contributed by atoms with Crippen LogP contribution in [-0.2, 0) is 14.3 Å². The summed E-state index contributed by atoms with van der Waals surface area (Å²) in [5, 5.41) is 2.44. The highest BCUT2D eigenvalue weighted by Crippen LogP contribution is 2.14. The molecule has 2 aromatic carbocycles. The zero-order valence-corrected chi connectivity index (χ0v) is 13.7. The minimum absolute atomic E-state index is 0.253. The van der Waals surface area contributed by atoms with Gasteiger partial charge in [-0.1, -0.05) is 6.07 Å². The standard InChI is InChI=1S/C18H17F2NO4/c1-11(17(22)21-15-5-3-4-14(20)10-15)25-18(23)12(2)24-16-8-6-13(19)7-9-16/h3-12H,1-2H3,(H,21,22)/t11-,12+/m0/s1. The van der Waals surface area contributed by atoms with Crippen LogP contribution in [0.2, 0.25) is 0 Å². The Hall–Kier alpha value is -2.96. The van der Waals surface area contributed by atoms with E-state index in [-0.39, 0.29) is 5.69 Å². The van der Waals surface area contributed by atoms with Gasteiger partial charge in [-0.2, -0.15) is 0 Å². The van der Waals surface area contributed by atoms with Crippen molar-refractivity contribution in [1.82, 2.24) is 0 Å². The van der Waals surface area contributed by atoms with Crippen molar-refractivity contribution < 1.29 is 27.8 Å². The molecule has 0 fully saturated rings. The summed E-state index contributed by atoms with van der Waals surface area (Å²) >= 11 is 0. The summed E-state index contributed by atoms with van der Waals surface area (Å²) in [6.45, 7) is 2.83. The number of hydrogen-bond acceptors (Lipinski definition) is 4. The van der Waals surface area contributed by atoms with Gasteiger partial charge in [-0.3, -0.25) is 4.79 Å². The van der Waals surface area contributed by atoms with Crippen molar-refractivity contribution in [2.75, 3.05) is 5.32 Å². The normalized spacial score (nSPS) is 12.8. The molecule has 25 heavy (non-hydrogen) atoms. The first-order chi connectivity index (χ1) is 11.8. The fraction of sp³-hybridized carbons (Fsp3) is 0.222. The van der Waals surface area contributed by atoms with Crippen LogP contribution >= 0.6 is 0 Å². The van der Waals surface area contributed by atoms with Crippen molar-refractivity contribution in [3.63, 3.8) is 0 Å². The molecule has 5 nitrogen and oxygen atoms in total. The highest BCUT2D eigenvalue weighted by molar-refractivity contribution is 5.95. The zero-order valence-electron chi connectivity index (χ0n) is 13.7. The lowest BCUT2D eigenvalue weighted by Gasteiger charge is -2.17. The van der Waals surface area contributed by atoms with Crippen molar-refractivity contribution in [1.29, 1.82) is 0 Å². The van der Waals surface area contributed by atoms with Crippen LogP contribution < -0.4 is 10.1 Å². The van der Waals surface area contributed by atoms with Gasteiger partial charge in [0.2, 0.25) is 0 Å². The number of esters is 1. The zero-order chi connectivity index (χ0) is 18.4. The SMILES string of the molecule is C[C@H](OC(=O)[C@@H](C)Oc1ccc(F)cc1)C(=O)Nc1cccc(F)c1. The molecule has 2 atom stereocenters. The van der Waals surface area contributed by atoms with Gasteiger partial charge in [-0.25, -0.2) is 13.6 Å². The van der Waals surface area contributed by atoms with Gasteiger partial charge < -0.3 is 14.8 Å². The van der Waals surface area contributed by atoms with E-state index in [1.54, 1.807) is 0 Å². The number of hydrogen-bond donors (Lipinski definition) is 1. The maximum absolute atomic E-state index is 13.1. The van der Waals surface area contributed by atoms with Crippen molar-refractivity contribution in [2.45, 2.75) is 26.1 Å². The largest absolute Gasteiger partial charge is 0.479 e. The van der Waals surface area contributed by atoms with Gasteiger partial charge in [0, 0.05) is 5.69 Å². The molecule has 0 radical (unpaired) electrons. The molecule has 0 heterocycles. The van der Waals surface area contributed by atoms with Gasteiger partial charge in [-0.05, 0) is 56.3 Å². The molecule has 0 spiro atoms. The smallest absolute Gasteiger partial charge is 0.347 e. The first kappa shape index (κ1) is 18.4. The molecule has 0 aliphatic rings. The van der Waals surface area contributed by atoms with E-state index in [1.165, 1.54) is 56.3 Å². The predicted octanol–water partition coefficient (Wildman–Crippen LogP) is 3.30. The third-order valence-electron chi connectivity index (χ3n) is 3.21. The molecule has 0 aromatic heterocycles. The van der Waals surface area contributed by atoms with Crippen LogP contribution in [0.5, 0.6) is 5.75 Å². The summed E-state index contributed by atoms with van der Waals surface area (Å²) in [6, 6.07) is 10.5. The highest BCUT2D eigenvalue weighted by Gasteiger charge is 2.23. The van der Waals surface area contributed by atoms with E-state index in [1.807, 2.05) is 0 Å². The molecule has 132 valence electrons. The maximum Gasteiger partial charge on any atom is 0.347 e. The molecule has 0 saturated carbocycles. The number of ether oxygens (including phenoxy) is 2. The van der Waals surface area contributed by atoms with Crippen molar-refractivity contribution in [3.8, 4) is 5.75 Å². The van der Waals surface area contributed by atoms with E-state index < -0.39 is 35.7 Å². The third-order valence-corrected chi connectivity index (χ3v) is 3.21. The second kappa shape index (κ2) is 8.23. The van der Waals surface area contributed by atoms with Crippen LogP contribution in [0.15, 0.2) is 48.5 Å². The Morgan fingerprint density at radius 1 is 0.960 bits per heavy atom. The number of anilines is 1. The monoisotopic (exact) mass is 349 g/mol. The number of rotatable bonds is 6. The van der Waals surface area contributed by atoms with E-state index in [0.29, 0.717) is 5.75 Å². The number of amides is 1. The fourth-order valence-electron chi connectivity index (χ4n) is 1.90. The van der Waals surface area contributed by atoms with Crippen LogP contribution in [0.1, 0.15) is 13.8 Å². The first-order valence-corrected chi connectivity index (χ1v) is 7.54. The Morgan fingerprint density at radius 2 is 1.64 bits per heavy atom. The quantitative estimate of drug-likeness (QED) is 0.813. The molecular weight excluding hydrogens is 332 g/mol. The number of benzene rings is 2. The van der Waals surface area contributed by atoms with Crippen molar-refractivity contribution in [2.24, 2.45) is 0 Å². The molecule has 0 aliphatic heterocycles. The molecule has 0 saturated heterocycles. The van der Waals surface area contributed by atoms with Crippen LogP contribution in [0.3, 0.4) is 0 Å². The fourth-order valence-corrected chi connectivity index (χ4v) is 1.90. The molecule has 2 aromatic rings. The third kappa shape index (κ3) is 5.56. The highest BCUT2D eigenvalue weighted by atomic mass is 19.1. The predicted molar refractivity (Wildman–Crippen MR) is 87.1 cm³/mol. The molecule has 2 rings (SSSR count). The second-order valence-electron chi connectivity index (χ2n) is 5.29. The van der Waals surface area contributed by atoms with Crippen LogP contribution in [0.25, 0.3) is 0 Å². The van der Waals surface area contributed by atoms with E-state index in [0.717, 1.165) is 6.07 Å². The number of carbonyl (C=O) groups excluding carboxylic acids is 2. The number of nitrogens with one attached hydrogen (secondary N) is 1. The van der Waals surface area contributed by atoms with Crippen molar-refractivity contribution in [3.05, 3.63) is 60.2 Å². The molecular formula is C18H17F2NO4. The van der Waals surface area contributed by atoms with Crippen molar-refractivity contribution >= 4 is 17.6 Å². The Labute approximate surface area is 143 Å². The average Bonchev–Trinajstić information content (AvgIpc) is 2.56. The molecule has 0 aliphatic carbocycles. The van der Waals surface area contributed by atoms with Gasteiger partial charge in [0.05, 0.1) is 0 Å². The maximum atomic E-state index is 13.1. The number of carbonyl (C=O) groups is 2. The lowest BCUT2D eigenvalue weighted by molar-refractivity contribution is -0.159. The van der Waals surface area contributed by atoms with E-state index in [9.17, 15) is 18.4 Å². The summed E-state index contributed by atoms with van der Waals surface area (Å²) in [5.74, 6) is -1.99.